The van der Waals surface area contributed by atoms with Crippen molar-refractivity contribution in [2.45, 2.75) is 68.7 Å². The number of carbonyl (C=O) groups is 1. The van der Waals surface area contributed by atoms with Crippen LogP contribution in [0.5, 0.6) is 5.88 Å². The lowest BCUT2D eigenvalue weighted by Gasteiger charge is -2.20. The van der Waals surface area contributed by atoms with Gasteiger partial charge >= 0.3 is 6.18 Å². The largest absolute Gasteiger partial charge is 0.477 e. The quantitative estimate of drug-likeness (QED) is 0.185. The molecule has 2 fully saturated rings. The van der Waals surface area contributed by atoms with Crippen LogP contribution in [0.2, 0.25) is 5.15 Å². The predicted octanol–water partition coefficient (Wildman–Crippen LogP) is 5.81. The van der Waals surface area contributed by atoms with Crippen molar-refractivity contribution in [3.05, 3.63) is 53.3 Å². The van der Waals surface area contributed by atoms with E-state index in [2.05, 4.69) is 44.3 Å². The van der Waals surface area contributed by atoms with Gasteiger partial charge in [0.2, 0.25) is 5.88 Å². The van der Waals surface area contributed by atoms with Gasteiger partial charge in [-0.2, -0.15) is 13.2 Å². The van der Waals surface area contributed by atoms with Crippen molar-refractivity contribution in [3.8, 4) is 11.7 Å². The topological polar surface area (TPSA) is 106 Å². The summed E-state index contributed by atoms with van der Waals surface area (Å²) in [7, 11) is 0. The summed E-state index contributed by atoms with van der Waals surface area (Å²) in [6, 6.07) is 10.5. The summed E-state index contributed by atoms with van der Waals surface area (Å²) in [5, 5.41) is 11.7. The van der Waals surface area contributed by atoms with Crippen LogP contribution in [-0.4, -0.2) is 56.6 Å². The highest BCUT2D eigenvalue weighted by molar-refractivity contribution is 7.97. The van der Waals surface area contributed by atoms with Crippen LogP contribution < -0.4 is 20.1 Å². The summed E-state index contributed by atoms with van der Waals surface area (Å²) in [6.45, 7) is 5.06. The van der Waals surface area contributed by atoms with Gasteiger partial charge in [-0.3, -0.25) is 9.52 Å². The van der Waals surface area contributed by atoms with E-state index in [1.807, 2.05) is 12.1 Å². The standard InChI is InChI=1S/C27H31ClF3N7O2S/c1-25(2)10-8-17(35-25)16-32-19-4-3-5-22(33-19)41-37-24(39)18-6-7-20(34-23(18)28)38-14-9-21(36-38)40-15-13-26(11-12-26)27(29,30)31/h3-7,9,14,17,35H,8,10-13,15-16H2,1-2H3,(H,32,33)(H,37,39). The molecule has 1 saturated heterocycles. The van der Waals surface area contributed by atoms with Crippen molar-refractivity contribution in [3.63, 3.8) is 0 Å². The smallest absolute Gasteiger partial charge is 0.394 e. The molecule has 9 nitrogen and oxygen atoms in total. The first kappa shape index (κ1) is 29.5. The summed E-state index contributed by atoms with van der Waals surface area (Å²) in [6.07, 6.45) is -0.291. The number of nitrogens with one attached hydrogen (secondary N) is 3. The number of rotatable bonds is 11. The van der Waals surface area contributed by atoms with E-state index in [9.17, 15) is 18.0 Å². The molecule has 14 heteroatoms. The van der Waals surface area contributed by atoms with Gasteiger partial charge in [-0.25, -0.2) is 14.6 Å². The van der Waals surface area contributed by atoms with E-state index < -0.39 is 17.5 Å². The molecule has 41 heavy (non-hydrogen) atoms. The zero-order valence-electron chi connectivity index (χ0n) is 22.6. The number of carbonyl (C=O) groups excluding carboxylic acids is 1. The van der Waals surface area contributed by atoms with Gasteiger partial charge in [0.05, 0.1) is 17.6 Å². The molecule has 1 aliphatic heterocycles. The number of pyridine rings is 2. The van der Waals surface area contributed by atoms with E-state index >= 15 is 0 Å². The summed E-state index contributed by atoms with van der Waals surface area (Å²) in [5.74, 6) is 0.768. The van der Waals surface area contributed by atoms with Crippen molar-refractivity contribution in [1.82, 2.24) is 29.8 Å². The molecular formula is C27H31ClF3N7O2S. The Kier molecular flexibility index (Phi) is 8.40. The molecule has 0 radical (unpaired) electrons. The Morgan fingerprint density at radius 1 is 1.20 bits per heavy atom. The maximum Gasteiger partial charge on any atom is 0.394 e. The second-order valence-corrected chi connectivity index (χ2v) is 12.2. The fourth-order valence-electron chi connectivity index (χ4n) is 4.75. The molecule has 220 valence electrons. The molecule has 1 amide bonds. The highest BCUT2D eigenvalue weighted by Gasteiger charge is 2.62. The minimum absolute atomic E-state index is 0.0326. The number of alkyl halides is 3. The van der Waals surface area contributed by atoms with Crippen molar-refractivity contribution >= 4 is 35.3 Å². The molecule has 0 bridgehead atoms. The number of aromatic nitrogens is 4. The van der Waals surface area contributed by atoms with Crippen LogP contribution in [0, 0.1) is 5.41 Å². The lowest BCUT2D eigenvalue weighted by Crippen LogP contribution is -2.40. The first-order chi connectivity index (χ1) is 19.4. The van der Waals surface area contributed by atoms with E-state index in [0.717, 1.165) is 37.2 Å². The van der Waals surface area contributed by atoms with Gasteiger partial charge in [0.1, 0.15) is 16.0 Å². The summed E-state index contributed by atoms with van der Waals surface area (Å²) in [4.78, 5) is 21.6. The fraction of sp³-hybridized carbons (Fsp3) is 0.481. The van der Waals surface area contributed by atoms with Crippen molar-refractivity contribution in [2.75, 3.05) is 18.5 Å². The Balaban J connectivity index is 1.12. The zero-order valence-corrected chi connectivity index (χ0v) is 24.2. The molecule has 0 aromatic carbocycles. The Hall–Kier alpha value is -3.03. The number of nitrogens with zero attached hydrogens (tertiary/aromatic N) is 4. The van der Waals surface area contributed by atoms with Crippen molar-refractivity contribution < 1.29 is 22.7 Å². The van der Waals surface area contributed by atoms with E-state index in [-0.39, 0.29) is 48.0 Å². The minimum atomic E-state index is -4.22. The molecule has 0 spiro atoms. The second-order valence-electron chi connectivity index (χ2n) is 11.0. The third-order valence-electron chi connectivity index (χ3n) is 7.38. The maximum absolute atomic E-state index is 13.1. The average Bonchev–Trinajstić information content (AvgIpc) is 3.44. The average molecular weight is 610 g/mol. The number of halogens is 4. The molecule has 3 aromatic heterocycles. The molecule has 3 aromatic rings. The van der Waals surface area contributed by atoms with Gasteiger partial charge in [0.25, 0.3) is 5.91 Å². The van der Waals surface area contributed by atoms with Crippen LogP contribution in [0.25, 0.3) is 5.82 Å². The number of ether oxygens (including phenoxy) is 1. The van der Waals surface area contributed by atoms with Crippen molar-refractivity contribution in [1.29, 1.82) is 0 Å². The molecule has 1 aliphatic carbocycles. The van der Waals surface area contributed by atoms with E-state index in [4.69, 9.17) is 16.3 Å². The summed E-state index contributed by atoms with van der Waals surface area (Å²) in [5.41, 5.74) is -1.31. The van der Waals surface area contributed by atoms with Gasteiger partial charge in [-0.05, 0) is 70.2 Å². The van der Waals surface area contributed by atoms with Gasteiger partial charge in [0, 0.05) is 42.3 Å². The van der Waals surface area contributed by atoms with Crippen LogP contribution in [-0.2, 0) is 0 Å². The lowest BCUT2D eigenvalue weighted by molar-refractivity contribution is -0.190. The number of anilines is 1. The van der Waals surface area contributed by atoms with Gasteiger partial charge in [0.15, 0.2) is 5.82 Å². The van der Waals surface area contributed by atoms with Gasteiger partial charge in [-0.15, -0.1) is 5.10 Å². The zero-order chi connectivity index (χ0) is 29.3. The molecule has 1 saturated carbocycles. The number of hydrogen-bond acceptors (Lipinski definition) is 8. The Morgan fingerprint density at radius 3 is 2.68 bits per heavy atom. The highest BCUT2D eigenvalue weighted by Crippen LogP contribution is 2.59. The SMILES string of the molecule is CC1(C)CCC(CNc2cccc(SNC(=O)c3ccc(-n4ccc(OCCC5(C(F)(F)F)CC5)n4)nc3Cl)n2)N1. The first-order valence-electron chi connectivity index (χ1n) is 13.3. The monoisotopic (exact) mass is 609 g/mol. The molecule has 2 aliphatic rings. The van der Waals surface area contributed by atoms with Crippen LogP contribution >= 0.6 is 23.5 Å². The van der Waals surface area contributed by atoms with Gasteiger partial charge in [-0.1, -0.05) is 17.7 Å². The molecule has 1 unspecified atom stereocenters. The Bertz CT molecular complexity index is 1400. The van der Waals surface area contributed by atoms with Gasteiger partial charge < -0.3 is 15.4 Å². The van der Waals surface area contributed by atoms with E-state index in [1.54, 1.807) is 18.3 Å². The summed E-state index contributed by atoms with van der Waals surface area (Å²) >= 11 is 7.37. The van der Waals surface area contributed by atoms with Crippen LogP contribution in [0.4, 0.5) is 19.0 Å². The van der Waals surface area contributed by atoms with Crippen molar-refractivity contribution in [2.24, 2.45) is 5.41 Å². The molecule has 3 N–H and O–H groups in total. The Labute approximate surface area is 245 Å². The number of hydrogen-bond donors (Lipinski definition) is 3. The highest BCUT2D eigenvalue weighted by atomic mass is 35.5. The van der Waals surface area contributed by atoms with Crippen LogP contribution in [0.3, 0.4) is 0 Å². The molecule has 1 atom stereocenters. The van der Waals surface area contributed by atoms with E-state index in [0.29, 0.717) is 16.9 Å². The fourth-order valence-corrected chi connectivity index (χ4v) is 5.58. The molecular weight excluding hydrogens is 579 g/mol. The first-order valence-corrected chi connectivity index (χ1v) is 14.5. The number of amides is 1. The maximum atomic E-state index is 13.1. The van der Waals surface area contributed by atoms with Crippen LogP contribution in [0.15, 0.2) is 47.6 Å². The predicted molar refractivity (Wildman–Crippen MR) is 150 cm³/mol. The molecule has 4 heterocycles. The third-order valence-corrected chi connectivity index (χ3v) is 8.39. The molecule has 5 rings (SSSR count). The minimum Gasteiger partial charge on any atom is -0.477 e. The lowest BCUT2D eigenvalue weighted by atomic mass is 10.0. The normalized spacial score (nSPS) is 19.1. The third kappa shape index (κ3) is 7.25. The van der Waals surface area contributed by atoms with E-state index in [1.165, 1.54) is 16.8 Å². The second kappa shape index (κ2) is 11.7. The summed E-state index contributed by atoms with van der Waals surface area (Å²) < 4.78 is 48.8. The Morgan fingerprint density at radius 2 is 2.00 bits per heavy atom. The van der Waals surface area contributed by atoms with Crippen LogP contribution in [0.1, 0.15) is 56.3 Å².